The number of nitrogens with zero attached hydrogens (tertiary/aromatic N) is 1. The van der Waals surface area contributed by atoms with Crippen molar-refractivity contribution >= 4 is 11.0 Å². The number of piperidine rings is 1. The Morgan fingerprint density at radius 2 is 1.96 bits per heavy atom. The number of likely N-dealkylation sites (tertiary alicyclic amines) is 1. The van der Waals surface area contributed by atoms with Crippen LogP contribution < -0.4 is 5.63 Å². The van der Waals surface area contributed by atoms with Crippen LogP contribution in [0.5, 0.6) is 5.75 Å². The minimum Gasteiger partial charge on any atom is -0.507 e. The van der Waals surface area contributed by atoms with Gasteiger partial charge in [-0.2, -0.15) is 0 Å². The molecule has 1 N–H and O–H groups in total. The van der Waals surface area contributed by atoms with E-state index in [2.05, 4.69) is 11.8 Å². The van der Waals surface area contributed by atoms with E-state index in [1.54, 1.807) is 6.07 Å². The molecule has 2 aliphatic rings. The summed E-state index contributed by atoms with van der Waals surface area (Å²) in [7, 11) is 0. The van der Waals surface area contributed by atoms with Gasteiger partial charge in [-0.1, -0.05) is 13.3 Å². The van der Waals surface area contributed by atoms with Gasteiger partial charge in [0, 0.05) is 23.5 Å². The summed E-state index contributed by atoms with van der Waals surface area (Å²) >= 11 is 0. The van der Waals surface area contributed by atoms with Gasteiger partial charge in [0.2, 0.25) is 0 Å². The van der Waals surface area contributed by atoms with Gasteiger partial charge in [0.25, 0.3) is 0 Å². The first kappa shape index (κ1) is 16.6. The third-order valence-electron chi connectivity index (χ3n) is 6.05. The van der Waals surface area contributed by atoms with Crippen LogP contribution >= 0.6 is 0 Å². The second-order valence-electron chi connectivity index (χ2n) is 7.52. The maximum atomic E-state index is 12.5. The molecule has 1 unspecified atom stereocenters. The highest BCUT2D eigenvalue weighted by Crippen LogP contribution is 2.34. The zero-order valence-corrected chi connectivity index (χ0v) is 15.0. The average molecular weight is 341 g/mol. The molecule has 2 aromatic rings. The summed E-state index contributed by atoms with van der Waals surface area (Å²) < 4.78 is 5.74. The van der Waals surface area contributed by atoms with Crippen LogP contribution in [-0.4, -0.2) is 22.6 Å². The van der Waals surface area contributed by atoms with E-state index in [-0.39, 0.29) is 11.4 Å². The van der Waals surface area contributed by atoms with Gasteiger partial charge < -0.3 is 9.52 Å². The Morgan fingerprint density at radius 3 is 2.76 bits per heavy atom. The topological polar surface area (TPSA) is 53.7 Å². The summed E-state index contributed by atoms with van der Waals surface area (Å²) in [5.74, 6) is 0.242. The molecule has 1 atom stereocenters. The van der Waals surface area contributed by atoms with Crippen LogP contribution in [0.25, 0.3) is 11.0 Å². The zero-order valence-electron chi connectivity index (χ0n) is 15.0. The van der Waals surface area contributed by atoms with Crippen molar-refractivity contribution in [1.82, 2.24) is 4.90 Å². The fraction of sp³-hybridized carbons (Fsp3) is 0.571. The highest BCUT2D eigenvalue weighted by molar-refractivity contribution is 5.86. The van der Waals surface area contributed by atoms with Crippen LogP contribution in [-0.2, 0) is 19.4 Å². The van der Waals surface area contributed by atoms with Crippen molar-refractivity contribution in [2.24, 2.45) is 0 Å². The molecule has 0 bridgehead atoms. The molecule has 1 aliphatic carbocycles. The van der Waals surface area contributed by atoms with Crippen molar-refractivity contribution < 1.29 is 9.52 Å². The molecule has 1 saturated heterocycles. The Kier molecular flexibility index (Phi) is 4.55. The van der Waals surface area contributed by atoms with Crippen molar-refractivity contribution in [3.05, 3.63) is 39.2 Å². The molecular weight excluding hydrogens is 314 g/mol. The summed E-state index contributed by atoms with van der Waals surface area (Å²) in [6, 6.07) is 4.25. The fourth-order valence-electron chi connectivity index (χ4n) is 4.64. The summed E-state index contributed by atoms with van der Waals surface area (Å²) in [6.07, 6.45) is 8.72. The van der Waals surface area contributed by atoms with Crippen LogP contribution in [0.2, 0.25) is 0 Å². The lowest BCUT2D eigenvalue weighted by molar-refractivity contribution is 0.135. The largest absolute Gasteiger partial charge is 0.507 e. The van der Waals surface area contributed by atoms with Gasteiger partial charge in [0.1, 0.15) is 11.3 Å². The molecule has 25 heavy (non-hydrogen) atoms. The van der Waals surface area contributed by atoms with Crippen LogP contribution in [0.4, 0.5) is 0 Å². The van der Waals surface area contributed by atoms with E-state index in [4.69, 9.17) is 4.42 Å². The first-order chi connectivity index (χ1) is 12.2. The van der Waals surface area contributed by atoms with Gasteiger partial charge in [-0.3, -0.25) is 4.90 Å². The van der Waals surface area contributed by atoms with Crippen molar-refractivity contribution in [2.75, 3.05) is 6.54 Å². The van der Waals surface area contributed by atoms with Crippen LogP contribution in [0, 0.1) is 0 Å². The number of fused-ring (bicyclic) bond motifs is 3. The van der Waals surface area contributed by atoms with Crippen LogP contribution in [0.15, 0.2) is 21.3 Å². The lowest BCUT2D eigenvalue weighted by Crippen LogP contribution is -2.38. The molecule has 0 radical (unpaired) electrons. The SMILES string of the molecule is CCC1CCCCN1Cc1c(O)ccc2c3c(c(=O)oc12)CCCC3. The monoisotopic (exact) mass is 341 g/mol. The molecule has 0 saturated carbocycles. The van der Waals surface area contributed by atoms with Gasteiger partial charge in [0.15, 0.2) is 0 Å². The summed E-state index contributed by atoms with van der Waals surface area (Å²) in [4.78, 5) is 14.9. The number of hydrogen-bond donors (Lipinski definition) is 1. The minimum absolute atomic E-state index is 0.209. The fourth-order valence-corrected chi connectivity index (χ4v) is 4.64. The van der Waals surface area contributed by atoms with Crippen LogP contribution in [0.1, 0.15) is 62.1 Å². The lowest BCUT2D eigenvalue weighted by atomic mass is 9.89. The predicted molar refractivity (Wildman–Crippen MR) is 99.1 cm³/mol. The lowest BCUT2D eigenvalue weighted by Gasteiger charge is -2.35. The molecular formula is C21H27NO3. The third-order valence-corrected chi connectivity index (χ3v) is 6.05. The van der Waals surface area contributed by atoms with E-state index in [0.29, 0.717) is 18.2 Å². The molecule has 134 valence electrons. The average Bonchev–Trinajstić information content (AvgIpc) is 2.65. The first-order valence-corrected chi connectivity index (χ1v) is 9.72. The minimum atomic E-state index is -0.209. The van der Waals surface area contributed by atoms with E-state index in [0.717, 1.165) is 60.7 Å². The standard InChI is InChI=1S/C21H27NO3/c1-2-14-7-5-6-12-22(14)13-18-19(23)11-10-16-15-8-3-4-9-17(15)21(24)25-20(16)18/h10-11,14,23H,2-9,12-13H2,1H3. The zero-order chi connectivity index (χ0) is 17.4. The number of hydrogen-bond acceptors (Lipinski definition) is 4. The summed E-state index contributed by atoms with van der Waals surface area (Å²) in [5.41, 5.74) is 3.17. The Labute approximate surface area is 148 Å². The molecule has 4 heteroatoms. The van der Waals surface area contributed by atoms with Crippen molar-refractivity contribution in [1.29, 1.82) is 0 Å². The maximum Gasteiger partial charge on any atom is 0.339 e. The molecule has 4 nitrogen and oxygen atoms in total. The van der Waals surface area contributed by atoms with E-state index in [1.165, 1.54) is 19.3 Å². The normalized spacial score (nSPS) is 21.4. The van der Waals surface area contributed by atoms with Crippen molar-refractivity contribution in [2.45, 2.75) is 70.9 Å². The van der Waals surface area contributed by atoms with Gasteiger partial charge >= 0.3 is 5.63 Å². The molecule has 1 aromatic heterocycles. The number of phenols is 1. The third kappa shape index (κ3) is 2.97. The molecule has 1 fully saturated rings. The molecule has 2 heterocycles. The van der Waals surface area contributed by atoms with Crippen molar-refractivity contribution in [3.8, 4) is 5.75 Å². The molecule has 1 aliphatic heterocycles. The number of phenolic OH excluding ortho intramolecular Hbond substituents is 1. The second-order valence-corrected chi connectivity index (χ2v) is 7.52. The maximum absolute atomic E-state index is 12.5. The van der Waals surface area contributed by atoms with Crippen LogP contribution in [0.3, 0.4) is 0 Å². The Balaban J connectivity index is 1.81. The Bertz CT molecular complexity index is 839. The predicted octanol–water partition coefficient (Wildman–Crippen LogP) is 4.14. The quantitative estimate of drug-likeness (QED) is 0.853. The van der Waals surface area contributed by atoms with Gasteiger partial charge in [0.05, 0.1) is 5.56 Å². The van der Waals surface area contributed by atoms with Gasteiger partial charge in [-0.05, 0) is 69.2 Å². The molecule has 0 amide bonds. The number of benzene rings is 1. The molecule has 0 spiro atoms. The number of rotatable bonds is 3. The van der Waals surface area contributed by atoms with Gasteiger partial charge in [-0.15, -0.1) is 0 Å². The Morgan fingerprint density at radius 1 is 1.16 bits per heavy atom. The van der Waals surface area contributed by atoms with E-state index < -0.39 is 0 Å². The van der Waals surface area contributed by atoms with E-state index in [9.17, 15) is 9.90 Å². The van der Waals surface area contributed by atoms with E-state index >= 15 is 0 Å². The highest BCUT2D eigenvalue weighted by atomic mass is 16.4. The molecule has 1 aromatic carbocycles. The molecule has 4 rings (SSSR count). The summed E-state index contributed by atoms with van der Waals surface area (Å²) in [5, 5.41) is 11.5. The van der Waals surface area contributed by atoms with Gasteiger partial charge in [-0.25, -0.2) is 4.79 Å². The highest BCUT2D eigenvalue weighted by Gasteiger charge is 2.25. The van der Waals surface area contributed by atoms with E-state index in [1.807, 2.05) is 6.07 Å². The smallest absolute Gasteiger partial charge is 0.339 e. The first-order valence-electron chi connectivity index (χ1n) is 9.72. The Hall–Kier alpha value is -1.81. The number of aryl methyl sites for hydroxylation is 1. The van der Waals surface area contributed by atoms with Crippen molar-refractivity contribution in [3.63, 3.8) is 0 Å². The number of aromatic hydroxyl groups is 1. The summed E-state index contributed by atoms with van der Waals surface area (Å²) in [6.45, 7) is 3.93. The second kappa shape index (κ2) is 6.83.